The number of nitrogens with one attached hydrogen (secondary N) is 1. The molecule has 1 saturated heterocycles. The number of benzene rings is 2. The van der Waals surface area contributed by atoms with Gasteiger partial charge >= 0.3 is 12.1 Å². The van der Waals surface area contributed by atoms with Gasteiger partial charge in [0.1, 0.15) is 5.75 Å². The lowest BCUT2D eigenvalue weighted by Crippen LogP contribution is -2.45. The zero-order valence-corrected chi connectivity index (χ0v) is 18.4. The van der Waals surface area contributed by atoms with Crippen LogP contribution in [0.25, 0.3) is 10.9 Å². The summed E-state index contributed by atoms with van der Waals surface area (Å²) < 4.78 is 11.7. The second kappa shape index (κ2) is 9.02. The third-order valence-electron chi connectivity index (χ3n) is 6.09. The van der Waals surface area contributed by atoms with Gasteiger partial charge in [-0.15, -0.1) is 0 Å². The van der Waals surface area contributed by atoms with E-state index in [1.807, 2.05) is 31.2 Å². The monoisotopic (exact) mass is 437 g/mol. The average Bonchev–Trinajstić information content (AvgIpc) is 3.27. The summed E-state index contributed by atoms with van der Waals surface area (Å²) in [7, 11) is 3.01. The Morgan fingerprint density at radius 2 is 1.94 bits per heavy atom. The van der Waals surface area contributed by atoms with Crippen molar-refractivity contribution in [3.8, 4) is 5.75 Å². The number of carboxylic acid groups (broad SMARTS) is 1. The maximum absolute atomic E-state index is 11.8. The molecular weight excluding hydrogens is 410 g/mol. The Morgan fingerprint density at radius 1 is 1.19 bits per heavy atom. The van der Waals surface area contributed by atoms with Crippen molar-refractivity contribution in [2.24, 2.45) is 0 Å². The van der Waals surface area contributed by atoms with E-state index in [2.05, 4.69) is 10.2 Å². The molecule has 8 nitrogen and oxygen atoms in total. The molecule has 0 aliphatic carbocycles. The molecule has 2 aromatic carbocycles. The molecule has 1 aliphatic heterocycles. The van der Waals surface area contributed by atoms with Crippen molar-refractivity contribution in [2.45, 2.75) is 19.5 Å². The van der Waals surface area contributed by atoms with Gasteiger partial charge < -0.3 is 19.9 Å². The highest BCUT2D eigenvalue weighted by Gasteiger charge is 2.27. The summed E-state index contributed by atoms with van der Waals surface area (Å²) in [5.74, 6) is 0.390. The molecule has 0 spiro atoms. The number of hydrogen-bond donors (Lipinski definition) is 2. The van der Waals surface area contributed by atoms with E-state index in [0.29, 0.717) is 17.6 Å². The van der Waals surface area contributed by atoms with Gasteiger partial charge in [-0.2, -0.15) is 0 Å². The number of ether oxygens (including phenoxy) is 2. The minimum absolute atomic E-state index is 0.0954. The van der Waals surface area contributed by atoms with Crippen LogP contribution in [0.2, 0.25) is 0 Å². The Bertz CT molecular complexity index is 1150. The van der Waals surface area contributed by atoms with Gasteiger partial charge in [-0.05, 0) is 42.3 Å². The van der Waals surface area contributed by atoms with Crippen LogP contribution in [0.15, 0.2) is 42.6 Å². The summed E-state index contributed by atoms with van der Waals surface area (Å²) in [6.07, 6.45) is 0.578. The molecule has 1 fully saturated rings. The zero-order valence-electron chi connectivity index (χ0n) is 18.4. The third-order valence-corrected chi connectivity index (χ3v) is 6.09. The van der Waals surface area contributed by atoms with Crippen LogP contribution in [-0.2, 0) is 11.3 Å². The minimum Gasteiger partial charge on any atom is -0.496 e. The van der Waals surface area contributed by atoms with Gasteiger partial charge in [-0.25, -0.2) is 9.59 Å². The Kier molecular flexibility index (Phi) is 6.16. The van der Waals surface area contributed by atoms with Crippen LogP contribution in [0.1, 0.15) is 33.1 Å². The molecule has 4 rings (SSSR count). The molecule has 1 unspecified atom stereocenters. The second-order valence-corrected chi connectivity index (χ2v) is 7.91. The van der Waals surface area contributed by atoms with Crippen LogP contribution < -0.4 is 10.1 Å². The fraction of sp³-hybridized carbons (Fsp3) is 0.333. The zero-order chi connectivity index (χ0) is 22.8. The Morgan fingerprint density at radius 3 is 2.59 bits per heavy atom. The number of aryl methyl sites for hydroxylation is 1. The highest BCUT2D eigenvalue weighted by molar-refractivity contribution is 5.94. The minimum atomic E-state index is -1.01. The highest BCUT2D eigenvalue weighted by atomic mass is 16.5. The fourth-order valence-electron chi connectivity index (χ4n) is 4.49. The maximum atomic E-state index is 11.8. The van der Waals surface area contributed by atoms with Crippen molar-refractivity contribution in [3.63, 3.8) is 0 Å². The van der Waals surface area contributed by atoms with Gasteiger partial charge in [-0.1, -0.05) is 12.1 Å². The summed E-state index contributed by atoms with van der Waals surface area (Å²) in [6.45, 7) is 4.94. The van der Waals surface area contributed by atoms with Crippen molar-refractivity contribution in [3.05, 3.63) is 64.8 Å². The van der Waals surface area contributed by atoms with Crippen molar-refractivity contribution >= 4 is 23.0 Å². The highest BCUT2D eigenvalue weighted by Crippen LogP contribution is 2.35. The van der Waals surface area contributed by atoms with E-state index in [-0.39, 0.29) is 12.0 Å². The second-order valence-electron chi connectivity index (χ2n) is 7.91. The summed E-state index contributed by atoms with van der Waals surface area (Å²) in [5, 5.41) is 13.9. The summed E-state index contributed by atoms with van der Waals surface area (Å²) in [6, 6.07) is 11.3. The number of nitrogens with zero attached hydrogens (tertiary/aromatic N) is 2. The third kappa shape index (κ3) is 3.94. The van der Waals surface area contributed by atoms with Gasteiger partial charge in [0.2, 0.25) is 0 Å². The Balaban J connectivity index is 1.71. The number of aromatic nitrogens is 1. The van der Waals surface area contributed by atoms with E-state index in [1.165, 1.54) is 11.7 Å². The molecule has 0 amide bonds. The van der Waals surface area contributed by atoms with Gasteiger partial charge in [0.15, 0.2) is 0 Å². The van der Waals surface area contributed by atoms with Crippen LogP contribution in [0, 0.1) is 6.92 Å². The topological polar surface area (TPSA) is 93.0 Å². The van der Waals surface area contributed by atoms with Gasteiger partial charge in [-0.3, -0.25) is 9.47 Å². The van der Waals surface area contributed by atoms with Crippen molar-refractivity contribution < 1.29 is 24.2 Å². The van der Waals surface area contributed by atoms with Crippen LogP contribution in [-0.4, -0.2) is 60.5 Å². The van der Waals surface area contributed by atoms with Crippen LogP contribution in [0.5, 0.6) is 5.75 Å². The standard InChI is InChI=1S/C24H27N3O5/c1-15-12-21(31-2)19(18-8-10-27(22(15)18)24(29)30)14-26-11-9-25-13-20(26)16-4-6-17(7-5-16)23(28)32-3/h4-8,10,12,20,25H,9,11,13-14H2,1-3H3,(H,29,30). The first kappa shape index (κ1) is 21.9. The Labute approximate surface area is 186 Å². The van der Waals surface area contributed by atoms with E-state index in [1.54, 1.807) is 25.4 Å². The van der Waals surface area contributed by atoms with E-state index in [0.717, 1.165) is 47.5 Å². The van der Waals surface area contributed by atoms with E-state index < -0.39 is 6.09 Å². The van der Waals surface area contributed by atoms with E-state index in [4.69, 9.17) is 9.47 Å². The van der Waals surface area contributed by atoms with Crippen molar-refractivity contribution in [1.82, 2.24) is 14.8 Å². The first-order valence-electron chi connectivity index (χ1n) is 10.5. The average molecular weight is 437 g/mol. The molecule has 1 aliphatic rings. The lowest BCUT2D eigenvalue weighted by molar-refractivity contribution is 0.0600. The van der Waals surface area contributed by atoms with Crippen LogP contribution >= 0.6 is 0 Å². The number of hydrogen-bond acceptors (Lipinski definition) is 6. The molecule has 32 heavy (non-hydrogen) atoms. The number of methoxy groups -OCH3 is 2. The smallest absolute Gasteiger partial charge is 0.416 e. The first-order valence-corrected chi connectivity index (χ1v) is 10.5. The van der Waals surface area contributed by atoms with Crippen molar-refractivity contribution in [1.29, 1.82) is 0 Å². The predicted molar refractivity (Wildman–Crippen MR) is 120 cm³/mol. The molecular formula is C24H27N3O5. The molecule has 168 valence electrons. The maximum Gasteiger partial charge on any atom is 0.416 e. The predicted octanol–water partition coefficient (Wildman–Crippen LogP) is 3.42. The number of fused-ring (bicyclic) bond motifs is 1. The van der Waals surface area contributed by atoms with E-state index >= 15 is 0 Å². The van der Waals surface area contributed by atoms with Crippen molar-refractivity contribution in [2.75, 3.05) is 33.9 Å². The summed E-state index contributed by atoms with van der Waals surface area (Å²) in [4.78, 5) is 25.8. The number of esters is 1. The van der Waals surface area contributed by atoms with E-state index in [9.17, 15) is 14.7 Å². The first-order chi connectivity index (χ1) is 15.4. The SMILES string of the molecule is COC(=O)c1ccc(C2CNCCN2Cc2c(OC)cc(C)c3c2ccn3C(=O)O)cc1. The molecule has 0 bridgehead atoms. The summed E-state index contributed by atoms with van der Waals surface area (Å²) >= 11 is 0. The number of carbonyl (C=O) groups excluding carboxylic acids is 1. The number of rotatable bonds is 5. The lowest BCUT2D eigenvalue weighted by atomic mass is 9.99. The molecule has 1 aromatic heterocycles. The van der Waals surface area contributed by atoms with Crippen LogP contribution in [0.4, 0.5) is 4.79 Å². The molecule has 0 radical (unpaired) electrons. The normalized spacial score (nSPS) is 16.8. The lowest BCUT2D eigenvalue weighted by Gasteiger charge is -2.37. The summed E-state index contributed by atoms with van der Waals surface area (Å²) in [5.41, 5.74) is 4.11. The molecule has 2 N–H and O–H groups in total. The molecule has 2 heterocycles. The number of piperazine rings is 1. The quantitative estimate of drug-likeness (QED) is 0.591. The van der Waals surface area contributed by atoms with Gasteiger partial charge in [0, 0.05) is 49.4 Å². The molecule has 1 atom stereocenters. The molecule has 3 aromatic rings. The largest absolute Gasteiger partial charge is 0.496 e. The fourth-order valence-corrected chi connectivity index (χ4v) is 4.49. The molecule has 0 saturated carbocycles. The molecule has 8 heteroatoms. The Hall–Kier alpha value is -3.36. The van der Waals surface area contributed by atoms with Crippen LogP contribution in [0.3, 0.4) is 0 Å². The number of carbonyl (C=O) groups is 2. The van der Waals surface area contributed by atoms with Gasteiger partial charge in [0.25, 0.3) is 0 Å². The van der Waals surface area contributed by atoms with Gasteiger partial charge in [0.05, 0.1) is 25.3 Å².